The molecule has 0 aromatic heterocycles. The Bertz CT molecular complexity index is 430. The molecule has 17 heavy (non-hydrogen) atoms. The van der Waals surface area contributed by atoms with E-state index in [4.69, 9.17) is 10.5 Å². The number of benzene rings is 1. The quantitative estimate of drug-likeness (QED) is 0.447. The van der Waals surface area contributed by atoms with E-state index in [0.29, 0.717) is 17.8 Å². The molecule has 0 saturated carbocycles. The second-order valence-electron chi connectivity index (χ2n) is 3.29. The van der Waals surface area contributed by atoms with Crippen LogP contribution in [0.4, 0.5) is 5.69 Å². The van der Waals surface area contributed by atoms with Crippen LogP contribution in [-0.4, -0.2) is 25.0 Å². The SMILES string of the molecule is C=CCNC(=O)COC(=O)c1cccc(N)c1. The fourth-order valence-corrected chi connectivity index (χ4v) is 1.12. The summed E-state index contributed by atoms with van der Waals surface area (Å²) < 4.78 is 4.80. The summed E-state index contributed by atoms with van der Waals surface area (Å²) in [6, 6.07) is 6.36. The van der Waals surface area contributed by atoms with Crippen molar-refractivity contribution < 1.29 is 14.3 Å². The van der Waals surface area contributed by atoms with E-state index in [-0.39, 0.29) is 12.5 Å². The van der Waals surface area contributed by atoms with Gasteiger partial charge in [-0.25, -0.2) is 4.79 Å². The molecule has 3 N–H and O–H groups in total. The van der Waals surface area contributed by atoms with Crippen molar-refractivity contribution in [1.82, 2.24) is 5.32 Å². The predicted octanol–water partition coefficient (Wildman–Crippen LogP) is 0.728. The molecule has 1 aromatic carbocycles. The minimum absolute atomic E-state index is 0.318. The van der Waals surface area contributed by atoms with E-state index in [1.165, 1.54) is 12.1 Å². The van der Waals surface area contributed by atoms with Gasteiger partial charge in [-0.05, 0) is 18.2 Å². The van der Waals surface area contributed by atoms with Crippen molar-refractivity contribution in [1.29, 1.82) is 0 Å². The Hall–Kier alpha value is -2.30. The summed E-state index contributed by atoms with van der Waals surface area (Å²) in [6.45, 7) is 3.47. The van der Waals surface area contributed by atoms with E-state index >= 15 is 0 Å². The number of hydrogen-bond donors (Lipinski definition) is 2. The lowest BCUT2D eigenvalue weighted by Gasteiger charge is -2.05. The van der Waals surface area contributed by atoms with Crippen LogP contribution >= 0.6 is 0 Å². The van der Waals surface area contributed by atoms with E-state index in [2.05, 4.69) is 11.9 Å². The summed E-state index contributed by atoms with van der Waals surface area (Å²) in [7, 11) is 0. The molecule has 5 nitrogen and oxygen atoms in total. The van der Waals surface area contributed by atoms with Crippen LogP contribution in [0.25, 0.3) is 0 Å². The van der Waals surface area contributed by atoms with Gasteiger partial charge in [-0.15, -0.1) is 6.58 Å². The smallest absolute Gasteiger partial charge is 0.338 e. The van der Waals surface area contributed by atoms with Crippen molar-refractivity contribution in [2.24, 2.45) is 0 Å². The third kappa shape index (κ3) is 4.38. The summed E-state index contributed by atoms with van der Waals surface area (Å²) in [4.78, 5) is 22.6. The zero-order valence-corrected chi connectivity index (χ0v) is 9.31. The monoisotopic (exact) mass is 234 g/mol. The van der Waals surface area contributed by atoms with Gasteiger partial charge in [0.1, 0.15) is 0 Å². The molecule has 90 valence electrons. The average Bonchev–Trinajstić information content (AvgIpc) is 2.33. The highest BCUT2D eigenvalue weighted by Gasteiger charge is 2.09. The number of carbonyl (C=O) groups is 2. The van der Waals surface area contributed by atoms with E-state index in [0.717, 1.165) is 0 Å². The lowest BCUT2D eigenvalue weighted by Crippen LogP contribution is -2.28. The molecule has 0 saturated heterocycles. The van der Waals surface area contributed by atoms with Crippen LogP contribution in [0.3, 0.4) is 0 Å². The van der Waals surface area contributed by atoms with Crippen LogP contribution in [0.2, 0.25) is 0 Å². The highest BCUT2D eigenvalue weighted by atomic mass is 16.5. The van der Waals surface area contributed by atoms with Gasteiger partial charge in [0, 0.05) is 12.2 Å². The number of nitrogens with one attached hydrogen (secondary N) is 1. The zero-order chi connectivity index (χ0) is 12.7. The van der Waals surface area contributed by atoms with Crippen molar-refractivity contribution in [2.45, 2.75) is 0 Å². The molecule has 0 aliphatic heterocycles. The normalized spacial score (nSPS) is 9.41. The second kappa shape index (κ2) is 6.32. The minimum atomic E-state index is -0.578. The number of rotatable bonds is 5. The zero-order valence-electron chi connectivity index (χ0n) is 9.31. The molecule has 0 heterocycles. The predicted molar refractivity (Wildman–Crippen MR) is 64.3 cm³/mol. The first kappa shape index (κ1) is 12.8. The maximum absolute atomic E-state index is 11.5. The summed E-state index contributed by atoms with van der Waals surface area (Å²) in [5.41, 5.74) is 6.31. The number of anilines is 1. The molecule has 0 bridgehead atoms. The summed E-state index contributed by atoms with van der Waals surface area (Å²) in [5, 5.41) is 2.49. The van der Waals surface area contributed by atoms with Crippen LogP contribution in [0.1, 0.15) is 10.4 Å². The van der Waals surface area contributed by atoms with E-state index in [1.807, 2.05) is 0 Å². The van der Waals surface area contributed by atoms with Gasteiger partial charge < -0.3 is 15.8 Å². The number of hydrogen-bond acceptors (Lipinski definition) is 4. The second-order valence-corrected chi connectivity index (χ2v) is 3.29. The molecule has 0 aliphatic rings. The summed E-state index contributed by atoms with van der Waals surface area (Å²) in [5.74, 6) is -0.951. The maximum Gasteiger partial charge on any atom is 0.338 e. The topological polar surface area (TPSA) is 81.4 Å². The molecule has 1 rings (SSSR count). The Morgan fingerprint density at radius 2 is 2.24 bits per heavy atom. The number of nitrogen functional groups attached to an aromatic ring is 1. The number of ether oxygens (including phenoxy) is 1. The highest BCUT2D eigenvalue weighted by Crippen LogP contribution is 2.07. The Morgan fingerprint density at radius 3 is 2.88 bits per heavy atom. The van der Waals surface area contributed by atoms with Gasteiger partial charge in [-0.1, -0.05) is 12.1 Å². The third-order valence-corrected chi connectivity index (χ3v) is 1.90. The van der Waals surface area contributed by atoms with Gasteiger partial charge >= 0.3 is 5.97 Å². The van der Waals surface area contributed by atoms with Crippen LogP contribution < -0.4 is 11.1 Å². The van der Waals surface area contributed by atoms with Gasteiger partial charge in [0.2, 0.25) is 0 Å². The number of nitrogens with two attached hydrogens (primary N) is 1. The lowest BCUT2D eigenvalue weighted by atomic mass is 10.2. The van der Waals surface area contributed by atoms with Crippen LogP contribution in [0, 0.1) is 0 Å². The average molecular weight is 234 g/mol. The largest absolute Gasteiger partial charge is 0.452 e. The summed E-state index contributed by atoms with van der Waals surface area (Å²) >= 11 is 0. The molecule has 0 unspecified atom stereocenters. The molecule has 0 aliphatic carbocycles. The van der Waals surface area contributed by atoms with Crippen molar-refractivity contribution >= 4 is 17.6 Å². The van der Waals surface area contributed by atoms with E-state index < -0.39 is 5.97 Å². The molecular formula is C12H14N2O3. The summed E-state index contributed by atoms with van der Waals surface area (Å²) in [6.07, 6.45) is 1.54. The molecular weight excluding hydrogens is 220 g/mol. The standard InChI is InChI=1S/C12H14N2O3/c1-2-6-14-11(15)8-17-12(16)9-4-3-5-10(13)7-9/h2-5,7H,1,6,8,13H2,(H,14,15). The van der Waals surface area contributed by atoms with Crippen LogP contribution in [0.5, 0.6) is 0 Å². The third-order valence-electron chi connectivity index (χ3n) is 1.90. The lowest BCUT2D eigenvalue weighted by molar-refractivity contribution is -0.124. The minimum Gasteiger partial charge on any atom is -0.452 e. The number of amides is 1. The first-order chi connectivity index (χ1) is 8.13. The Kier molecular flexibility index (Phi) is 4.75. The number of esters is 1. The molecule has 5 heteroatoms. The Labute approximate surface area is 99.3 Å². The Balaban J connectivity index is 2.45. The molecule has 1 amide bonds. The van der Waals surface area contributed by atoms with Crippen molar-refractivity contribution in [3.63, 3.8) is 0 Å². The fraction of sp³-hybridized carbons (Fsp3) is 0.167. The first-order valence-corrected chi connectivity index (χ1v) is 5.03. The fourth-order valence-electron chi connectivity index (χ4n) is 1.12. The van der Waals surface area contributed by atoms with Gasteiger partial charge in [0.25, 0.3) is 5.91 Å². The van der Waals surface area contributed by atoms with Crippen LogP contribution in [-0.2, 0) is 9.53 Å². The van der Waals surface area contributed by atoms with Crippen molar-refractivity contribution in [3.8, 4) is 0 Å². The van der Waals surface area contributed by atoms with E-state index in [9.17, 15) is 9.59 Å². The number of carbonyl (C=O) groups excluding carboxylic acids is 2. The Morgan fingerprint density at radius 1 is 1.47 bits per heavy atom. The van der Waals surface area contributed by atoms with Gasteiger partial charge in [-0.2, -0.15) is 0 Å². The molecule has 1 aromatic rings. The van der Waals surface area contributed by atoms with Crippen LogP contribution in [0.15, 0.2) is 36.9 Å². The highest BCUT2D eigenvalue weighted by molar-refractivity contribution is 5.92. The molecule has 0 atom stereocenters. The van der Waals surface area contributed by atoms with Gasteiger partial charge in [0.15, 0.2) is 6.61 Å². The van der Waals surface area contributed by atoms with Crippen molar-refractivity contribution in [3.05, 3.63) is 42.5 Å². The first-order valence-electron chi connectivity index (χ1n) is 5.03. The molecule has 0 spiro atoms. The maximum atomic E-state index is 11.5. The van der Waals surface area contributed by atoms with E-state index in [1.54, 1.807) is 18.2 Å². The molecule has 0 radical (unpaired) electrons. The van der Waals surface area contributed by atoms with Gasteiger partial charge in [-0.3, -0.25) is 4.79 Å². The van der Waals surface area contributed by atoms with Gasteiger partial charge in [0.05, 0.1) is 5.56 Å². The molecule has 0 fully saturated rings. The van der Waals surface area contributed by atoms with Crippen molar-refractivity contribution in [2.75, 3.05) is 18.9 Å².